The number of hydrogen-bond acceptors (Lipinski definition) is 3. The normalized spacial score (nSPS) is 11.1. The van der Waals surface area contributed by atoms with E-state index in [2.05, 4.69) is 15.1 Å². The molecule has 0 fully saturated rings. The second kappa shape index (κ2) is 3.91. The van der Waals surface area contributed by atoms with E-state index in [4.69, 9.17) is 0 Å². The van der Waals surface area contributed by atoms with Gasteiger partial charge in [0.2, 0.25) is 0 Å². The van der Waals surface area contributed by atoms with E-state index >= 15 is 0 Å². The topological polar surface area (TPSA) is 43.6 Å². The summed E-state index contributed by atoms with van der Waals surface area (Å²) >= 11 is 0. The standard InChI is InChI=1S/C14H14N4/c1-9-10(2)16-14-13(15-9)11(3)17-18(14)12-7-5-4-6-8-12/h4-8H,1-3H3. The molecule has 4 heteroatoms. The molecule has 0 aliphatic carbocycles. The first-order valence-corrected chi connectivity index (χ1v) is 5.93. The van der Waals surface area contributed by atoms with Gasteiger partial charge in [0.25, 0.3) is 0 Å². The summed E-state index contributed by atoms with van der Waals surface area (Å²) in [5, 5.41) is 4.53. The van der Waals surface area contributed by atoms with Gasteiger partial charge in [-0.25, -0.2) is 14.6 Å². The van der Waals surface area contributed by atoms with Crippen LogP contribution in [-0.4, -0.2) is 19.7 Å². The van der Waals surface area contributed by atoms with Crippen LogP contribution in [0.3, 0.4) is 0 Å². The van der Waals surface area contributed by atoms with E-state index in [0.717, 1.165) is 33.9 Å². The maximum absolute atomic E-state index is 4.61. The number of nitrogens with zero attached hydrogens (tertiary/aromatic N) is 4. The summed E-state index contributed by atoms with van der Waals surface area (Å²) < 4.78 is 1.85. The molecule has 0 aliphatic heterocycles. The van der Waals surface area contributed by atoms with Crippen LogP contribution in [0.2, 0.25) is 0 Å². The highest BCUT2D eigenvalue weighted by molar-refractivity contribution is 5.75. The number of aryl methyl sites for hydroxylation is 3. The molecule has 0 N–H and O–H groups in total. The van der Waals surface area contributed by atoms with Crippen LogP contribution in [0.15, 0.2) is 30.3 Å². The van der Waals surface area contributed by atoms with Crippen molar-refractivity contribution in [2.45, 2.75) is 20.8 Å². The summed E-state index contributed by atoms with van der Waals surface area (Å²) in [5.74, 6) is 0. The molecular weight excluding hydrogens is 224 g/mol. The molecule has 2 aromatic heterocycles. The van der Waals surface area contributed by atoms with Gasteiger partial charge in [-0.2, -0.15) is 5.10 Å². The van der Waals surface area contributed by atoms with Crippen molar-refractivity contribution >= 4 is 11.2 Å². The van der Waals surface area contributed by atoms with Crippen LogP contribution in [0.4, 0.5) is 0 Å². The lowest BCUT2D eigenvalue weighted by molar-refractivity contribution is 0.874. The van der Waals surface area contributed by atoms with Crippen LogP contribution in [0, 0.1) is 20.8 Å². The van der Waals surface area contributed by atoms with E-state index in [1.807, 2.05) is 55.8 Å². The van der Waals surface area contributed by atoms with E-state index in [-0.39, 0.29) is 0 Å². The van der Waals surface area contributed by atoms with Crippen molar-refractivity contribution in [3.8, 4) is 5.69 Å². The predicted octanol–water partition coefficient (Wildman–Crippen LogP) is 2.74. The van der Waals surface area contributed by atoms with Gasteiger partial charge in [0.05, 0.1) is 22.8 Å². The second-order valence-corrected chi connectivity index (χ2v) is 4.40. The molecule has 3 rings (SSSR count). The lowest BCUT2D eigenvalue weighted by atomic mass is 10.3. The van der Waals surface area contributed by atoms with E-state index in [1.54, 1.807) is 0 Å². The molecule has 4 nitrogen and oxygen atoms in total. The quantitative estimate of drug-likeness (QED) is 0.654. The molecule has 0 radical (unpaired) electrons. The maximum atomic E-state index is 4.61. The number of fused-ring (bicyclic) bond motifs is 1. The molecule has 0 aliphatic rings. The third kappa shape index (κ3) is 1.57. The number of benzene rings is 1. The van der Waals surface area contributed by atoms with Crippen LogP contribution in [0.25, 0.3) is 16.9 Å². The molecule has 0 saturated heterocycles. The summed E-state index contributed by atoms with van der Waals surface area (Å²) in [7, 11) is 0. The number of aromatic nitrogens is 4. The zero-order valence-corrected chi connectivity index (χ0v) is 10.7. The number of para-hydroxylation sites is 1. The van der Waals surface area contributed by atoms with Gasteiger partial charge < -0.3 is 0 Å². The minimum Gasteiger partial charge on any atom is -0.246 e. The van der Waals surface area contributed by atoms with Crippen LogP contribution in [0.5, 0.6) is 0 Å². The lowest BCUT2D eigenvalue weighted by Gasteiger charge is -2.03. The minimum absolute atomic E-state index is 0.821. The van der Waals surface area contributed by atoms with Gasteiger partial charge in [0.1, 0.15) is 5.52 Å². The van der Waals surface area contributed by atoms with Crippen molar-refractivity contribution in [1.82, 2.24) is 19.7 Å². The SMILES string of the molecule is Cc1nc2c(C)nn(-c3ccccc3)c2nc1C. The average Bonchev–Trinajstić information content (AvgIpc) is 2.69. The average molecular weight is 238 g/mol. The molecule has 18 heavy (non-hydrogen) atoms. The van der Waals surface area contributed by atoms with Crippen LogP contribution < -0.4 is 0 Å². The first-order chi connectivity index (χ1) is 8.66. The Labute approximate surface area is 105 Å². The predicted molar refractivity (Wildman–Crippen MR) is 70.9 cm³/mol. The molecule has 2 heterocycles. The molecule has 90 valence electrons. The summed E-state index contributed by atoms with van der Waals surface area (Å²) in [5.41, 5.74) is 5.51. The number of rotatable bonds is 1. The Kier molecular flexibility index (Phi) is 2.37. The van der Waals surface area contributed by atoms with Crippen molar-refractivity contribution in [2.24, 2.45) is 0 Å². The van der Waals surface area contributed by atoms with Crippen LogP contribution in [-0.2, 0) is 0 Å². The Morgan fingerprint density at radius 2 is 1.50 bits per heavy atom. The monoisotopic (exact) mass is 238 g/mol. The highest BCUT2D eigenvalue weighted by atomic mass is 15.3. The summed E-state index contributed by atoms with van der Waals surface area (Å²) in [6.45, 7) is 5.91. The van der Waals surface area contributed by atoms with Gasteiger partial charge in [-0.1, -0.05) is 18.2 Å². The Morgan fingerprint density at radius 3 is 2.22 bits per heavy atom. The van der Waals surface area contributed by atoms with Gasteiger partial charge in [0.15, 0.2) is 5.65 Å². The molecule has 0 unspecified atom stereocenters. The van der Waals surface area contributed by atoms with Crippen molar-refractivity contribution in [2.75, 3.05) is 0 Å². The number of hydrogen-bond donors (Lipinski definition) is 0. The molecular formula is C14H14N4. The van der Waals surface area contributed by atoms with Crippen molar-refractivity contribution in [1.29, 1.82) is 0 Å². The third-order valence-corrected chi connectivity index (χ3v) is 3.08. The van der Waals surface area contributed by atoms with Crippen molar-refractivity contribution < 1.29 is 0 Å². The Balaban J connectivity index is 2.35. The highest BCUT2D eigenvalue weighted by Gasteiger charge is 2.12. The van der Waals surface area contributed by atoms with Crippen LogP contribution in [0.1, 0.15) is 17.1 Å². The molecule has 3 aromatic rings. The summed E-state index contributed by atoms with van der Waals surface area (Å²) in [6.07, 6.45) is 0. The molecule has 0 bridgehead atoms. The summed E-state index contributed by atoms with van der Waals surface area (Å²) in [4.78, 5) is 9.19. The first kappa shape index (κ1) is 10.9. The van der Waals surface area contributed by atoms with Gasteiger partial charge in [0, 0.05) is 0 Å². The molecule has 1 aromatic carbocycles. The van der Waals surface area contributed by atoms with Gasteiger partial charge >= 0.3 is 0 Å². The van der Waals surface area contributed by atoms with E-state index in [0.29, 0.717) is 0 Å². The summed E-state index contributed by atoms with van der Waals surface area (Å²) in [6, 6.07) is 10.0. The third-order valence-electron chi connectivity index (χ3n) is 3.08. The van der Waals surface area contributed by atoms with E-state index in [9.17, 15) is 0 Å². The van der Waals surface area contributed by atoms with Crippen molar-refractivity contribution in [3.05, 3.63) is 47.4 Å². The minimum atomic E-state index is 0.821. The fourth-order valence-corrected chi connectivity index (χ4v) is 1.98. The van der Waals surface area contributed by atoms with Gasteiger partial charge in [-0.05, 0) is 32.9 Å². The van der Waals surface area contributed by atoms with Crippen molar-refractivity contribution in [3.63, 3.8) is 0 Å². The van der Waals surface area contributed by atoms with Crippen LogP contribution >= 0.6 is 0 Å². The Bertz CT molecular complexity index is 713. The Morgan fingerprint density at radius 1 is 0.833 bits per heavy atom. The van der Waals surface area contributed by atoms with E-state index in [1.165, 1.54) is 0 Å². The second-order valence-electron chi connectivity index (χ2n) is 4.40. The smallest absolute Gasteiger partial charge is 0.182 e. The molecule has 0 atom stereocenters. The largest absolute Gasteiger partial charge is 0.246 e. The maximum Gasteiger partial charge on any atom is 0.182 e. The zero-order chi connectivity index (χ0) is 12.7. The van der Waals surface area contributed by atoms with Gasteiger partial charge in [-0.3, -0.25) is 0 Å². The van der Waals surface area contributed by atoms with E-state index < -0.39 is 0 Å². The molecule has 0 amide bonds. The lowest BCUT2D eigenvalue weighted by Crippen LogP contribution is -1.99. The molecule has 0 saturated carbocycles. The molecule has 0 spiro atoms. The first-order valence-electron chi connectivity index (χ1n) is 5.93. The zero-order valence-electron chi connectivity index (χ0n) is 10.7. The highest BCUT2D eigenvalue weighted by Crippen LogP contribution is 2.19. The Hall–Kier alpha value is -2.23. The fourth-order valence-electron chi connectivity index (χ4n) is 1.98. The van der Waals surface area contributed by atoms with Gasteiger partial charge in [-0.15, -0.1) is 0 Å². The fraction of sp³-hybridized carbons (Fsp3) is 0.214.